The summed E-state index contributed by atoms with van der Waals surface area (Å²) in [6.45, 7) is 27.6. The number of rotatable bonds is 6. The van der Waals surface area contributed by atoms with Gasteiger partial charge < -0.3 is 4.43 Å². The minimum Gasteiger partial charge on any atom is -0.413 e. The Balaban J connectivity index is 2.36. The van der Waals surface area contributed by atoms with E-state index in [0.717, 1.165) is 0 Å². The molecule has 4 aromatic carbocycles. The molecule has 0 heterocycles. The highest BCUT2D eigenvalue weighted by atomic mass is 29.2. The average Bonchev–Trinajstić information content (AvgIpc) is 2.79. The first-order valence-electron chi connectivity index (χ1n) is 14.6. The first-order valence-corrected chi connectivity index (χ1v) is 19.5. The van der Waals surface area contributed by atoms with Gasteiger partial charge in [0.05, 0.1) is 0 Å². The van der Waals surface area contributed by atoms with Crippen molar-refractivity contribution in [2.24, 2.45) is 0 Å². The zero-order valence-corrected chi connectivity index (χ0v) is 29.3. The molecule has 4 aromatic rings. The Morgan fingerprint density at radius 3 is 0.850 bits per heavy atom. The predicted molar refractivity (Wildman–Crippen MR) is 181 cm³/mol. The number of benzene rings is 4. The molecular weight excluding hydrogens is 517 g/mol. The molecule has 0 atom stereocenters. The molecule has 0 amide bonds. The van der Waals surface area contributed by atoms with Crippen molar-refractivity contribution in [1.82, 2.24) is 0 Å². The summed E-state index contributed by atoms with van der Waals surface area (Å²) in [6.07, 6.45) is 0. The molecule has 0 unspecified atom stereocenters. The lowest BCUT2D eigenvalue weighted by Gasteiger charge is -2.43. The molecule has 0 aliphatic heterocycles. The second-order valence-corrected chi connectivity index (χ2v) is 21.6. The van der Waals surface area contributed by atoms with Gasteiger partial charge >= 0.3 is 0 Å². The summed E-state index contributed by atoms with van der Waals surface area (Å²) in [5, 5.41) is 6.08. The molecule has 210 valence electrons. The van der Waals surface area contributed by atoms with Gasteiger partial charge in [0, 0.05) is 7.11 Å². The maximum Gasteiger partial charge on any atom is 0.247 e. The molecule has 4 rings (SSSR count). The normalized spacial score (nSPS) is 11.9. The molecule has 40 heavy (non-hydrogen) atoms. The fraction of sp³-hybridized carbons (Fsp3) is 0.351. The van der Waals surface area contributed by atoms with Gasteiger partial charge in [-0.1, -0.05) is 103 Å². The maximum atomic E-state index is 7.37. The predicted octanol–water partition coefficient (Wildman–Crippen LogP) is 6.21. The van der Waals surface area contributed by atoms with Crippen molar-refractivity contribution in [2.75, 3.05) is 7.11 Å². The van der Waals surface area contributed by atoms with Gasteiger partial charge in [0.2, 0.25) is 7.83 Å². The highest BCUT2D eigenvalue weighted by molar-refractivity contribution is 7.49. The van der Waals surface area contributed by atoms with Crippen LogP contribution in [-0.2, 0) is 4.43 Å². The minimum absolute atomic E-state index is 1.32. The molecule has 0 aromatic heterocycles. The van der Waals surface area contributed by atoms with Crippen molar-refractivity contribution in [2.45, 2.75) is 83.1 Å². The van der Waals surface area contributed by atoms with E-state index in [-0.39, 0.29) is 0 Å². The summed E-state index contributed by atoms with van der Waals surface area (Å²) < 4.78 is 7.37. The highest BCUT2D eigenvalue weighted by Crippen LogP contribution is 2.25. The summed E-state index contributed by atoms with van der Waals surface area (Å²) in [4.78, 5) is 0. The summed E-state index contributed by atoms with van der Waals surface area (Å²) >= 11 is 0. The van der Waals surface area contributed by atoms with Crippen LogP contribution in [0.4, 0.5) is 0 Å². The van der Waals surface area contributed by atoms with Gasteiger partial charge in [-0.05, 0) is 116 Å². The topological polar surface area (TPSA) is 9.23 Å². The lowest BCUT2D eigenvalue weighted by Crippen LogP contribution is -2.80. The number of hydrogen-bond donors (Lipinski definition) is 0. The lowest BCUT2D eigenvalue weighted by atomic mass is 10.1. The summed E-state index contributed by atoms with van der Waals surface area (Å²) in [7, 11) is -2.93. The van der Waals surface area contributed by atoms with Crippen LogP contribution in [0.1, 0.15) is 66.8 Å². The highest BCUT2D eigenvalue weighted by Gasteiger charge is 2.53. The molecule has 1 nitrogen and oxygen atoms in total. The van der Waals surface area contributed by atoms with Crippen molar-refractivity contribution in [3.63, 3.8) is 0 Å². The second-order valence-electron chi connectivity index (χ2n) is 12.5. The zero-order chi connectivity index (χ0) is 29.7. The van der Waals surface area contributed by atoms with Crippen LogP contribution in [0.3, 0.4) is 0 Å². The van der Waals surface area contributed by atoms with Crippen LogP contribution >= 0.6 is 0 Å². The Hall–Kier alpha value is -2.73. The molecule has 0 fully saturated rings. The lowest BCUT2D eigenvalue weighted by molar-refractivity contribution is 0.430. The van der Waals surface area contributed by atoms with E-state index >= 15 is 0 Å². The van der Waals surface area contributed by atoms with E-state index in [1.54, 1.807) is 10.4 Å². The van der Waals surface area contributed by atoms with Crippen molar-refractivity contribution in [3.05, 3.63) is 115 Å². The smallest absolute Gasteiger partial charge is 0.247 e. The fourth-order valence-corrected chi connectivity index (χ4v) is 25.8. The van der Waals surface area contributed by atoms with Gasteiger partial charge in [-0.25, -0.2) is 0 Å². The maximum absolute atomic E-state index is 7.37. The van der Waals surface area contributed by atoms with E-state index < -0.39 is 16.1 Å². The number of hydrogen-bond acceptors (Lipinski definition) is 1. The van der Waals surface area contributed by atoms with Crippen LogP contribution in [0.5, 0.6) is 0 Å². The molecule has 0 saturated heterocycles. The van der Waals surface area contributed by atoms with Crippen LogP contribution in [0.15, 0.2) is 48.5 Å². The van der Waals surface area contributed by atoms with E-state index in [4.69, 9.17) is 4.43 Å². The van der Waals surface area contributed by atoms with E-state index in [2.05, 4.69) is 132 Å². The fourth-order valence-electron chi connectivity index (χ4n) is 8.11. The van der Waals surface area contributed by atoms with Gasteiger partial charge in [-0.15, -0.1) is 0 Å². The summed E-state index contributed by atoms with van der Waals surface area (Å²) in [5.74, 6) is 0. The first kappa shape index (κ1) is 30.2. The summed E-state index contributed by atoms with van der Waals surface area (Å²) in [6, 6.07) is 19.2. The monoisotopic (exact) mass is 564 g/mol. The molecular formula is C37H48OSi2. The van der Waals surface area contributed by atoms with Crippen LogP contribution < -0.4 is 20.7 Å². The van der Waals surface area contributed by atoms with Crippen molar-refractivity contribution in [1.29, 1.82) is 0 Å². The molecule has 3 heteroatoms. The largest absolute Gasteiger partial charge is 0.413 e. The van der Waals surface area contributed by atoms with Gasteiger partial charge in [0.25, 0.3) is 0 Å². The third kappa shape index (κ3) is 5.08. The van der Waals surface area contributed by atoms with E-state index in [0.29, 0.717) is 0 Å². The van der Waals surface area contributed by atoms with Crippen molar-refractivity contribution < 1.29 is 4.43 Å². The third-order valence-electron chi connectivity index (χ3n) is 8.88. The average molecular weight is 565 g/mol. The molecule has 0 spiro atoms. The molecule has 0 bridgehead atoms. The SMILES string of the molecule is CO[Si](c1c(C)cc(C)cc1C)(c1c(C)cc(C)cc1C)[SiH](c1c(C)cc(C)cc1C)c1c(C)cc(C)cc1C. The molecule has 0 aliphatic carbocycles. The zero-order valence-electron chi connectivity index (χ0n) is 27.1. The Bertz CT molecular complexity index is 1400. The molecule has 0 saturated carbocycles. The van der Waals surface area contributed by atoms with Crippen molar-refractivity contribution >= 4 is 36.9 Å². The Morgan fingerprint density at radius 2 is 0.625 bits per heavy atom. The van der Waals surface area contributed by atoms with Crippen LogP contribution in [0.25, 0.3) is 0 Å². The summed E-state index contributed by atoms with van der Waals surface area (Å²) in [5.41, 5.74) is 16.4. The van der Waals surface area contributed by atoms with Gasteiger partial charge in [-0.2, -0.15) is 0 Å². The standard InChI is InChI=1S/C37H48OSi2/c1-22-14-26(5)34(27(6)15-22)39(35-28(7)16-23(2)17-29(35)8)40(38-13,36-30(9)18-24(3)19-31(36)10)37-32(11)20-25(4)21-33(37)12/h14-21,39H,1-13H3. The first-order chi connectivity index (χ1) is 18.7. The molecule has 0 N–H and O–H groups in total. The van der Waals surface area contributed by atoms with Crippen molar-refractivity contribution in [3.8, 4) is 0 Å². The number of aryl methyl sites for hydroxylation is 12. The van der Waals surface area contributed by atoms with Gasteiger partial charge in [0.15, 0.2) is 0 Å². The molecule has 0 aliphatic rings. The quantitative estimate of drug-likeness (QED) is 0.253. The van der Waals surface area contributed by atoms with E-state index in [1.807, 2.05) is 7.11 Å². The van der Waals surface area contributed by atoms with E-state index in [9.17, 15) is 0 Å². The van der Waals surface area contributed by atoms with Crippen LogP contribution in [0.2, 0.25) is 0 Å². The Morgan fingerprint density at radius 1 is 0.400 bits per heavy atom. The van der Waals surface area contributed by atoms with Crippen LogP contribution in [0, 0.1) is 83.1 Å². The molecule has 0 radical (unpaired) electrons. The minimum atomic E-state index is -2.88. The third-order valence-corrected chi connectivity index (χ3v) is 23.0. The van der Waals surface area contributed by atoms with E-state index in [1.165, 1.54) is 77.1 Å². The second kappa shape index (κ2) is 11.3. The Kier molecular flexibility index (Phi) is 8.52. The van der Waals surface area contributed by atoms with Gasteiger partial charge in [0.1, 0.15) is 8.31 Å². The Labute approximate surface area is 246 Å². The van der Waals surface area contributed by atoms with Crippen LogP contribution in [-0.4, -0.2) is 23.3 Å². The van der Waals surface area contributed by atoms with Gasteiger partial charge in [-0.3, -0.25) is 0 Å².